The Bertz CT molecular complexity index is 1230. The Morgan fingerprint density at radius 3 is 2.52 bits per heavy atom. The van der Waals surface area contributed by atoms with Crippen molar-refractivity contribution in [3.63, 3.8) is 0 Å². The minimum Gasteiger partial charge on any atom is -0.467 e. The lowest BCUT2D eigenvalue weighted by Crippen LogP contribution is -2.48. The van der Waals surface area contributed by atoms with E-state index in [1.54, 1.807) is 28.0 Å². The number of hydrogen-bond donors (Lipinski definition) is 1. The predicted molar refractivity (Wildman–Crippen MR) is 124 cm³/mol. The lowest BCUT2D eigenvalue weighted by atomic mass is 10.0. The summed E-state index contributed by atoms with van der Waals surface area (Å²) in [5, 5.41) is 11.2. The third-order valence-corrected chi connectivity index (χ3v) is 5.49. The van der Waals surface area contributed by atoms with Gasteiger partial charge in [0, 0.05) is 6.04 Å². The summed E-state index contributed by atoms with van der Waals surface area (Å²) >= 11 is 0. The molecule has 0 aliphatic heterocycles. The van der Waals surface area contributed by atoms with Gasteiger partial charge in [0.1, 0.15) is 23.9 Å². The second-order valence-corrected chi connectivity index (χ2v) is 8.24. The number of carbonyl (C=O) groups is 2. The molecular formula is C25H27N5O3. The van der Waals surface area contributed by atoms with Gasteiger partial charge in [-0.3, -0.25) is 9.59 Å². The average molecular weight is 446 g/mol. The van der Waals surface area contributed by atoms with Gasteiger partial charge >= 0.3 is 0 Å². The molecule has 2 aromatic heterocycles. The van der Waals surface area contributed by atoms with Crippen LogP contribution in [0.2, 0.25) is 0 Å². The Balaban J connectivity index is 1.64. The van der Waals surface area contributed by atoms with E-state index in [0.29, 0.717) is 11.3 Å². The number of benzene rings is 2. The fraction of sp³-hybridized carbons (Fsp3) is 0.280. The van der Waals surface area contributed by atoms with Gasteiger partial charge < -0.3 is 14.6 Å². The maximum absolute atomic E-state index is 13.6. The van der Waals surface area contributed by atoms with Crippen molar-refractivity contribution in [2.75, 3.05) is 0 Å². The van der Waals surface area contributed by atoms with Crippen LogP contribution in [0, 0.1) is 6.92 Å². The Hall–Kier alpha value is -3.94. The van der Waals surface area contributed by atoms with Gasteiger partial charge in [0.25, 0.3) is 0 Å². The third kappa shape index (κ3) is 4.95. The van der Waals surface area contributed by atoms with E-state index in [4.69, 9.17) is 4.42 Å². The van der Waals surface area contributed by atoms with Gasteiger partial charge in [-0.05, 0) is 50.6 Å². The van der Waals surface area contributed by atoms with Crippen LogP contribution in [0.5, 0.6) is 0 Å². The number of amides is 2. The van der Waals surface area contributed by atoms with Crippen molar-refractivity contribution in [1.82, 2.24) is 25.2 Å². The quantitative estimate of drug-likeness (QED) is 0.447. The van der Waals surface area contributed by atoms with E-state index in [0.717, 1.165) is 16.6 Å². The van der Waals surface area contributed by atoms with Crippen molar-refractivity contribution in [3.8, 4) is 0 Å². The van der Waals surface area contributed by atoms with Gasteiger partial charge in [-0.1, -0.05) is 47.2 Å². The molecule has 33 heavy (non-hydrogen) atoms. The Morgan fingerprint density at radius 2 is 1.82 bits per heavy atom. The number of carbonyl (C=O) groups excluding carboxylic acids is 2. The van der Waals surface area contributed by atoms with Gasteiger partial charge in [0.15, 0.2) is 0 Å². The molecule has 0 fully saturated rings. The molecule has 8 heteroatoms. The number of rotatable bonds is 8. The summed E-state index contributed by atoms with van der Waals surface area (Å²) in [5.41, 5.74) is 3.30. The lowest BCUT2D eigenvalue weighted by Gasteiger charge is -2.34. The van der Waals surface area contributed by atoms with E-state index in [1.165, 1.54) is 0 Å². The number of aromatic nitrogens is 3. The van der Waals surface area contributed by atoms with Crippen LogP contribution >= 0.6 is 0 Å². The van der Waals surface area contributed by atoms with Crippen molar-refractivity contribution in [2.45, 2.75) is 45.9 Å². The van der Waals surface area contributed by atoms with E-state index in [2.05, 4.69) is 15.6 Å². The molecule has 2 amide bonds. The molecule has 2 heterocycles. The molecule has 4 rings (SSSR count). The van der Waals surface area contributed by atoms with E-state index in [-0.39, 0.29) is 30.9 Å². The first-order valence-electron chi connectivity index (χ1n) is 10.9. The maximum atomic E-state index is 13.6. The predicted octanol–water partition coefficient (Wildman–Crippen LogP) is 3.63. The maximum Gasteiger partial charge on any atom is 0.247 e. The van der Waals surface area contributed by atoms with Crippen molar-refractivity contribution < 1.29 is 14.0 Å². The van der Waals surface area contributed by atoms with Crippen molar-refractivity contribution in [1.29, 1.82) is 0 Å². The number of fused-ring (bicyclic) bond motifs is 1. The van der Waals surface area contributed by atoms with Crippen LogP contribution in [-0.4, -0.2) is 37.7 Å². The summed E-state index contributed by atoms with van der Waals surface area (Å²) in [6.45, 7) is 6.00. The van der Waals surface area contributed by atoms with Gasteiger partial charge in [-0.2, -0.15) is 0 Å². The molecule has 1 atom stereocenters. The smallest absolute Gasteiger partial charge is 0.247 e. The highest BCUT2D eigenvalue weighted by molar-refractivity contribution is 5.89. The highest BCUT2D eigenvalue weighted by Gasteiger charge is 2.33. The highest BCUT2D eigenvalue weighted by Crippen LogP contribution is 2.25. The van der Waals surface area contributed by atoms with E-state index >= 15 is 0 Å². The molecule has 0 spiro atoms. The molecular weight excluding hydrogens is 418 g/mol. The molecule has 0 saturated heterocycles. The first-order chi connectivity index (χ1) is 15.9. The van der Waals surface area contributed by atoms with Gasteiger partial charge in [0.05, 0.1) is 18.3 Å². The standard InChI is InChI=1S/C25H27N5O3/c1-17(2)30(23(31)16-29-22-9-5-4-8-21(22)27-28-29)24(19-12-10-18(3)11-13-19)25(32)26-15-20-7-6-14-33-20/h4-14,17,24H,15-16H2,1-3H3,(H,26,32). The number of nitrogens with zero attached hydrogens (tertiary/aromatic N) is 4. The normalized spacial score (nSPS) is 12.1. The fourth-order valence-corrected chi connectivity index (χ4v) is 3.85. The number of para-hydroxylation sites is 1. The first-order valence-corrected chi connectivity index (χ1v) is 10.9. The summed E-state index contributed by atoms with van der Waals surface area (Å²) in [4.78, 5) is 28.6. The second kappa shape index (κ2) is 9.68. The topological polar surface area (TPSA) is 93.3 Å². The molecule has 0 aliphatic rings. The average Bonchev–Trinajstić information content (AvgIpc) is 3.46. The van der Waals surface area contributed by atoms with Crippen LogP contribution in [0.15, 0.2) is 71.3 Å². The molecule has 0 saturated carbocycles. The summed E-state index contributed by atoms with van der Waals surface area (Å²) in [5.74, 6) is 0.141. The van der Waals surface area contributed by atoms with Crippen LogP contribution in [-0.2, 0) is 22.7 Å². The Labute approximate surface area is 192 Å². The molecule has 2 aromatic carbocycles. The monoisotopic (exact) mass is 445 g/mol. The van der Waals surface area contributed by atoms with Gasteiger partial charge in [0.2, 0.25) is 11.8 Å². The zero-order valence-electron chi connectivity index (χ0n) is 18.9. The van der Waals surface area contributed by atoms with Crippen LogP contribution in [0.4, 0.5) is 0 Å². The van der Waals surface area contributed by atoms with Gasteiger partial charge in [-0.15, -0.1) is 5.10 Å². The highest BCUT2D eigenvalue weighted by atomic mass is 16.3. The van der Waals surface area contributed by atoms with E-state index in [9.17, 15) is 9.59 Å². The van der Waals surface area contributed by atoms with Crippen molar-refractivity contribution in [3.05, 3.63) is 83.8 Å². The van der Waals surface area contributed by atoms with Crippen LogP contribution in [0.1, 0.15) is 36.8 Å². The largest absolute Gasteiger partial charge is 0.467 e. The van der Waals surface area contributed by atoms with Crippen LogP contribution < -0.4 is 5.32 Å². The molecule has 170 valence electrons. The summed E-state index contributed by atoms with van der Waals surface area (Å²) in [7, 11) is 0. The second-order valence-electron chi connectivity index (χ2n) is 8.24. The minimum absolute atomic E-state index is 0.0213. The first kappa shape index (κ1) is 22.3. The van der Waals surface area contributed by atoms with Crippen LogP contribution in [0.3, 0.4) is 0 Å². The molecule has 1 unspecified atom stereocenters. The summed E-state index contributed by atoms with van der Waals surface area (Å²) in [6, 6.07) is 17.7. The number of aryl methyl sites for hydroxylation is 1. The lowest BCUT2D eigenvalue weighted by molar-refractivity contribution is -0.143. The van der Waals surface area contributed by atoms with Crippen molar-refractivity contribution in [2.24, 2.45) is 0 Å². The molecule has 0 aliphatic carbocycles. The Morgan fingerprint density at radius 1 is 1.06 bits per heavy atom. The fourth-order valence-electron chi connectivity index (χ4n) is 3.85. The minimum atomic E-state index is -0.803. The number of nitrogens with one attached hydrogen (secondary N) is 1. The molecule has 1 N–H and O–H groups in total. The Kier molecular flexibility index (Phi) is 6.53. The third-order valence-electron chi connectivity index (χ3n) is 5.49. The van der Waals surface area contributed by atoms with E-state index in [1.807, 2.05) is 69.3 Å². The molecule has 4 aromatic rings. The van der Waals surface area contributed by atoms with E-state index < -0.39 is 6.04 Å². The zero-order chi connectivity index (χ0) is 23.4. The van der Waals surface area contributed by atoms with Crippen molar-refractivity contribution >= 4 is 22.8 Å². The molecule has 8 nitrogen and oxygen atoms in total. The number of furan rings is 1. The SMILES string of the molecule is Cc1ccc(C(C(=O)NCc2ccco2)N(C(=O)Cn2nnc3ccccc32)C(C)C)cc1. The van der Waals surface area contributed by atoms with Crippen LogP contribution in [0.25, 0.3) is 11.0 Å². The summed E-state index contributed by atoms with van der Waals surface area (Å²) in [6.07, 6.45) is 1.56. The summed E-state index contributed by atoms with van der Waals surface area (Å²) < 4.78 is 6.91. The number of hydrogen-bond acceptors (Lipinski definition) is 5. The zero-order valence-corrected chi connectivity index (χ0v) is 18.9. The van der Waals surface area contributed by atoms with Gasteiger partial charge in [-0.25, -0.2) is 4.68 Å². The molecule has 0 bridgehead atoms. The molecule has 0 radical (unpaired) electrons.